The molecule has 0 N–H and O–H groups in total. The number of halogens is 1. The maximum Gasteiger partial charge on any atom is 0.295 e. The molecule has 1 heterocycles. The summed E-state index contributed by atoms with van der Waals surface area (Å²) < 4.78 is 0. The fourth-order valence-corrected chi connectivity index (χ4v) is 2.58. The fourth-order valence-electron chi connectivity index (χ4n) is 2.44. The zero-order valence-corrected chi connectivity index (χ0v) is 12.7. The molecule has 0 aliphatic carbocycles. The molecule has 3 rings (SSSR count). The first-order valence-electron chi connectivity index (χ1n) is 6.84. The van der Waals surface area contributed by atoms with Crippen molar-refractivity contribution >= 4 is 34.0 Å². The smallest absolute Gasteiger partial charge is 0.293 e. The van der Waals surface area contributed by atoms with Crippen LogP contribution in [0.15, 0.2) is 54.6 Å². The maximum atomic E-state index is 12.2. The molecule has 0 aliphatic rings. The average Bonchev–Trinajstić information content (AvgIpc) is 2.60. The lowest BCUT2D eigenvalue weighted by Gasteiger charge is -2.08. The predicted octanol–water partition coefficient (Wildman–Crippen LogP) is 4.23. The van der Waals surface area contributed by atoms with Gasteiger partial charge in [0.2, 0.25) is 0 Å². The number of hydrogen-bond acceptors (Lipinski definition) is 4. The molecule has 0 unspecified atom stereocenters. The van der Waals surface area contributed by atoms with Gasteiger partial charge in [0.15, 0.2) is 5.78 Å². The highest BCUT2D eigenvalue weighted by Crippen LogP contribution is 2.30. The zero-order chi connectivity index (χ0) is 16.4. The van der Waals surface area contributed by atoms with Crippen LogP contribution in [0.2, 0.25) is 0 Å². The minimum atomic E-state index is -0.501. The van der Waals surface area contributed by atoms with Crippen molar-refractivity contribution in [3.63, 3.8) is 0 Å². The van der Waals surface area contributed by atoms with E-state index in [4.69, 9.17) is 11.6 Å². The molecule has 0 fully saturated rings. The monoisotopic (exact) mass is 326 g/mol. The summed E-state index contributed by atoms with van der Waals surface area (Å²) in [5, 5.41) is 11.7. The molecule has 0 aliphatic heterocycles. The van der Waals surface area contributed by atoms with E-state index in [0.29, 0.717) is 16.6 Å². The Labute approximate surface area is 136 Å². The highest BCUT2D eigenvalue weighted by atomic mass is 35.5. The third-order valence-corrected chi connectivity index (χ3v) is 3.75. The van der Waals surface area contributed by atoms with Crippen molar-refractivity contribution in [2.75, 3.05) is 5.88 Å². The summed E-state index contributed by atoms with van der Waals surface area (Å²) in [4.78, 5) is 27.3. The number of rotatable bonds is 4. The van der Waals surface area contributed by atoms with Crippen LogP contribution in [0.25, 0.3) is 22.2 Å². The Balaban J connectivity index is 2.38. The van der Waals surface area contributed by atoms with Crippen molar-refractivity contribution in [2.24, 2.45) is 0 Å². The molecule has 2 aromatic carbocycles. The Morgan fingerprint density at radius 2 is 1.87 bits per heavy atom. The van der Waals surface area contributed by atoms with Gasteiger partial charge >= 0.3 is 0 Å². The Kier molecular flexibility index (Phi) is 4.04. The molecule has 0 radical (unpaired) electrons. The number of aromatic nitrogens is 1. The van der Waals surface area contributed by atoms with Gasteiger partial charge in [-0.05, 0) is 6.07 Å². The van der Waals surface area contributed by atoms with Crippen molar-refractivity contribution in [2.45, 2.75) is 0 Å². The van der Waals surface area contributed by atoms with Crippen molar-refractivity contribution in [3.8, 4) is 11.3 Å². The highest BCUT2D eigenvalue weighted by molar-refractivity contribution is 6.32. The Bertz CT molecular complexity index is 910. The fraction of sp³-hybridized carbons (Fsp3) is 0.0588. The summed E-state index contributed by atoms with van der Waals surface area (Å²) in [6, 6.07) is 15.4. The second kappa shape index (κ2) is 6.14. The van der Waals surface area contributed by atoms with Crippen LogP contribution in [-0.4, -0.2) is 21.6 Å². The number of Topliss-reactive ketones (excluding diaryl/α,β-unsaturated/α-hetero) is 1. The number of alkyl halides is 1. The molecule has 3 aromatic rings. The summed E-state index contributed by atoms with van der Waals surface area (Å²) in [6.45, 7) is 0. The quantitative estimate of drug-likeness (QED) is 0.311. The number of hydrogen-bond donors (Lipinski definition) is 0. The Morgan fingerprint density at radius 3 is 2.52 bits per heavy atom. The predicted molar refractivity (Wildman–Crippen MR) is 88.9 cm³/mol. The van der Waals surface area contributed by atoms with Gasteiger partial charge in [-0.3, -0.25) is 14.9 Å². The summed E-state index contributed by atoms with van der Waals surface area (Å²) in [6.07, 6.45) is 0. The number of pyridine rings is 1. The molecule has 0 spiro atoms. The van der Waals surface area contributed by atoms with Crippen molar-refractivity contribution < 1.29 is 9.72 Å². The molecule has 0 amide bonds. The lowest BCUT2D eigenvalue weighted by atomic mass is 10.0. The average molecular weight is 327 g/mol. The molecule has 114 valence electrons. The van der Waals surface area contributed by atoms with Crippen LogP contribution in [0.1, 0.15) is 10.4 Å². The van der Waals surface area contributed by atoms with Crippen LogP contribution in [0, 0.1) is 10.1 Å². The number of nitro benzene ring substituents is 1. The molecular formula is C17H11ClN2O3. The van der Waals surface area contributed by atoms with Gasteiger partial charge in [-0.15, -0.1) is 11.6 Å². The van der Waals surface area contributed by atoms with Gasteiger partial charge in [0.25, 0.3) is 5.69 Å². The van der Waals surface area contributed by atoms with E-state index < -0.39 is 4.92 Å². The lowest BCUT2D eigenvalue weighted by molar-refractivity contribution is -0.383. The number of para-hydroxylation sites is 1. The topological polar surface area (TPSA) is 73.1 Å². The third-order valence-electron chi connectivity index (χ3n) is 3.51. The number of fused-ring (bicyclic) bond motifs is 1. The van der Waals surface area contributed by atoms with Crippen LogP contribution >= 0.6 is 11.6 Å². The van der Waals surface area contributed by atoms with Gasteiger partial charge in [0.05, 0.1) is 16.5 Å². The van der Waals surface area contributed by atoms with Crippen LogP contribution in [0.4, 0.5) is 5.69 Å². The number of ketones is 1. The van der Waals surface area contributed by atoms with Gasteiger partial charge in [0.1, 0.15) is 5.52 Å². The van der Waals surface area contributed by atoms with Crippen LogP contribution in [-0.2, 0) is 0 Å². The van der Waals surface area contributed by atoms with E-state index in [9.17, 15) is 14.9 Å². The van der Waals surface area contributed by atoms with Gasteiger partial charge < -0.3 is 0 Å². The number of carbonyl (C=O) groups is 1. The number of carbonyl (C=O) groups excluding carboxylic acids is 1. The molecule has 0 atom stereocenters. The minimum Gasteiger partial charge on any atom is -0.293 e. The summed E-state index contributed by atoms with van der Waals surface area (Å²) in [5.74, 6) is -0.493. The maximum absolute atomic E-state index is 12.2. The first kappa shape index (κ1) is 15.1. The number of nitro groups is 1. The summed E-state index contributed by atoms with van der Waals surface area (Å²) in [7, 11) is 0. The first-order chi connectivity index (χ1) is 11.1. The van der Waals surface area contributed by atoms with Gasteiger partial charge in [-0.1, -0.05) is 42.5 Å². The van der Waals surface area contributed by atoms with E-state index in [1.165, 1.54) is 12.1 Å². The van der Waals surface area contributed by atoms with E-state index in [2.05, 4.69) is 4.98 Å². The molecule has 1 aromatic heterocycles. The van der Waals surface area contributed by atoms with Gasteiger partial charge in [0, 0.05) is 22.6 Å². The zero-order valence-electron chi connectivity index (χ0n) is 11.9. The van der Waals surface area contributed by atoms with Crippen molar-refractivity contribution in [1.29, 1.82) is 0 Å². The first-order valence-corrected chi connectivity index (χ1v) is 7.38. The highest BCUT2D eigenvalue weighted by Gasteiger charge is 2.19. The molecular weight excluding hydrogens is 316 g/mol. The van der Waals surface area contributed by atoms with E-state index in [1.807, 2.05) is 30.3 Å². The number of benzene rings is 2. The number of nitrogens with zero attached hydrogens (tertiary/aromatic N) is 2. The Hall–Kier alpha value is -2.79. The normalized spacial score (nSPS) is 10.7. The van der Waals surface area contributed by atoms with E-state index in [1.54, 1.807) is 12.1 Å². The second-order valence-corrected chi connectivity index (χ2v) is 5.18. The molecule has 6 heteroatoms. The largest absolute Gasteiger partial charge is 0.295 e. The van der Waals surface area contributed by atoms with Gasteiger partial charge in [-0.25, -0.2) is 4.98 Å². The Morgan fingerprint density at radius 1 is 1.13 bits per heavy atom. The van der Waals surface area contributed by atoms with E-state index in [0.717, 1.165) is 5.56 Å². The molecule has 23 heavy (non-hydrogen) atoms. The SMILES string of the molecule is O=C(CCl)c1cc(-c2ccccc2)nc2c([N+](=O)[O-])cccc12. The minimum absolute atomic E-state index is 0.135. The second-order valence-electron chi connectivity index (χ2n) is 4.91. The van der Waals surface area contributed by atoms with Crippen molar-refractivity contribution in [3.05, 3.63) is 70.3 Å². The van der Waals surface area contributed by atoms with Crippen LogP contribution in [0.3, 0.4) is 0 Å². The van der Waals surface area contributed by atoms with Crippen LogP contribution in [0.5, 0.6) is 0 Å². The third kappa shape index (κ3) is 2.78. The molecule has 0 saturated carbocycles. The molecule has 5 nitrogen and oxygen atoms in total. The molecule has 0 bridgehead atoms. The van der Waals surface area contributed by atoms with Crippen molar-refractivity contribution in [1.82, 2.24) is 4.98 Å². The molecule has 0 saturated heterocycles. The van der Waals surface area contributed by atoms with E-state index in [-0.39, 0.29) is 22.9 Å². The van der Waals surface area contributed by atoms with Crippen LogP contribution < -0.4 is 0 Å². The lowest BCUT2D eigenvalue weighted by Crippen LogP contribution is -2.04. The van der Waals surface area contributed by atoms with E-state index >= 15 is 0 Å². The number of non-ortho nitro benzene ring substituents is 1. The van der Waals surface area contributed by atoms with Gasteiger partial charge in [-0.2, -0.15) is 0 Å². The summed E-state index contributed by atoms with van der Waals surface area (Å²) in [5.41, 5.74) is 1.67. The summed E-state index contributed by atoms with van der Waals surface area (Å²) >= 11 is 5.68. The standard InChI is InChI=1S/C17H11ClN2O3/c18-10-16(21)13-9-14(11-5-2-1-3-6-11)19-17-12(13)7-4-8-15(17)20(22)23/h1-9H,10H2.